The summed E-state index contributed by atoms with van der Waals surface area (Å²) < 4.78 is 40.8. The van der Waals surface area contributed by atoms with E-state index >= 15 is 0 Å². The number of allylic oxidation sites excluding steroid dienone is 1. The SMILES string of the molecule is CCCC/C1=C\CNCCCCC(=O)N1Cc1ccc(-c2ccccc2S(=O)(=O)Nc2noc(C)c2C)c(COCC)c1. The number of sulfonamides is 1. The molecule has 3 aromatic rings. The van der Waals surface area contributed by atoms with Crippen molar-refractivity contribution in [1.29, 1.82) is 0 Å². The highest BCUT2D eigenvalue weighted by Crippen LogP contribution is 2.33. The third-order valence-corrected chi connectivity index (χ3v) is 9.13. The molecule has 1 aliphatic heterocycles. The number of amides is 1. The van der Waals surface area contributed by atoms with Crippen LogP contribution in [0.15, 0.2) is 63.7 Å². The summed E-state index contributed by atoms with van der Waals surface area (Å²) in [6.45, 7) is 10.5. The van der Waals surface area contributed by atoms with Crippen LogP contribution in [0.4, 0.5) is 5.82 Å². The number of carbonyl (C=O) groups is 1. The molecule has 0 radical (unpaired) electrons. The van der Waals surface area contributed by atoms with Gasteiger partial charge in [0.25, 0.3) is 10.0 Å². The quantitative estimate of drug-likeness (QED) is 0.242. The van der Waals surface area contributed by atoms with Crippen LogP contribution in [0.3, 0.4) is 0 Å². The summed E-state index contributed by atoms with van der Waals surface area (Å²) >= 11 is 0. The fraction of sp³-hybridized carbons (Fsp3) is 0.455. The smallest absolute Gasteiger partial charge is 0.263 e. The van der Waals surface area contributed by atoms with Crippen LogP contribution in [0.2, 0.25) is 0 Å². The lowest BCUT2D eigenvalue weighted by Gasteiger charge is -2.28. The molecule has 2 heterocycles. The van der Waals surface area contributed by atoms with E-state index in [9.17, 15) is 13.2 Å². The lowest BCUT2D eigenvalue weighted by Crippen LogP contribution is -2.32. The van der Waals surface area contributed by atoms with E-state index in [-0.39, 0.29) is 16.6 Å². The maximum atomic E-state index is 13.6. The molecule has 2 N–H and O–H groups in total. The largest absolute Gasteiger partial charge is 0.377 e. The third kappa shape index (κ3) is 8.34. The Morgan fingerprint density at radius 2 is 1.91 bits per heavy atom. The molecule has 4 rings (SSSR count). The average molecular weight is 609 g/mol. The van der Waals surface area contributed by atoms with Crippen molar-refractivity contribution < 1.29 is 22.5 Å². The van der Waals surface area contributed by atoms with E-state index in [0.717, 1.165) is 67.6 Å². The first-order valence-corrected chi connectivity index (χ1v) is 16.7. The summed E-state index contributed by atoms with van der Waals surface area (Å²) in [5, 5.41) is 7.34. The molecule has 0 atom stereocenters. The van der Waals surface area contributed by atoms with Gasteiger partial charge in [-0.1, -0.05) is 61.0 Å². The Balaban J connectivity index is 1.71. The average Bonchev–Trinajstić information content (AvgIpc) is 3.31. The van der Waals surface area contributed by atoms with Gasteiger partial charge in [0.05, 0.1) is 18.0 Å². The number of nitrogens with zero attached hydrogens (tertiary/aromatic N) is 2. The van der Waals surface area contributed by atoms with Gasteiger partial charge in [-0.2, -0.15) is 0 Å². The number of ether oxygens (including phenoxy) is 1. The molecule has 0 unspecified atom stereocenters. The van der Waals surface area contributed by atoms with Crippen LogP contribution in [0, 0.1) is 13.8 Å². The van der Waals surface area contributed by atoms with Crippen molar-refractivity contribution in [3.8, 4) is 11.1 Å². The summed E-state index contributed by atoms with van der Waals surface area (Å²) in [4.78, 5) is 15.5. The van der Waals surface area contributed by atoms with E-state index in [2.05, 4.69) is 28.2 Å². The summed E-state index contributed by atoms with van der Waals surface area (Å²) in [5.41, 5.74) is 4.81. The molecule has 1 aromatic heterocycles. The van der Waals surface area contributed by atoms with Crippen LogP contribution >= 0.6 is 0 Å². The van der Waals surface area contributed by atoms with Crippen LogP contribution in [-0.4, -0.2) is 44.1 Å². The van der Waals surface area contributed by atoms with E-state index in [1.54, 1.807) is 32.0 Å². The van der Waals surface area contributed by atoms with E-state index < -0.39 is 10.0 Å². The molecule has 10 heteroatoms. The summed E-state index contributed by atoms with van der Waals surface area (Å²) in [6, 6.07) is 12.9. The van der Waals surface area contributed by atoms with Gasteiger partial charge in [-0.15, -0.1) is 0 Å². The molecule has 0 saturated carbocycles. The van der Waals surface area contributed by atoms with Crippen molar-refractivity contribution in [3.63, 3.8) is 0 Å². The molecule has 1 amide bonds. The molecule has 1 aliphatic rings. The minimum atomic E-state index is -3.99. The Labute approximate surface area is 255 Å². The van der Waals surface area contributed by atoms with Crippen LogP contribution in [0.25, 0.3) is 11.1 Å². The fourth-order valence-corrected chi connectivity index (χ4v) is 6.43. The number of anilines is 1. The summed E-state index contributed by atoms with van der Waals surface area (Å²) in [6.07, 6.45) is 7.39. The van der Waals surface area contributed by atoms with Crippen molar-refractivity contribution in [3.05, 3.63) is 76.7 Å². The minimum absolute atomic E-state index is 0.129. The van der Waals surface area contributed by atoms with Gasteiger partial charge in [-0.05, 0) is 75.8 Å². The molecule has 0 bridgehead atoms. The van der Waals surface area contributed by atoms with Crippen molar-refractivity contribution in [2.45, 2.75) is 84.3 Å². The molecular weight excluding hydrogens is 564 g/mol. The molecule has 0 saturated heterocycles. The number of aromatic nitrogens is 1. The number of benzene rings is 2. The predicted octanol–water partition coefficient (Wildman–Crippen LogP) is 6.47. The fourth-order valence-electron chi connectivity index (χ4n) is 5.15. The highest BCUT2D eigenvalue weighted by Gasteiger charge is 2.24. The topological polar surface area (TPSA) is 114 Å². The van der Waals surface area contributed by atoms with Crippen LogP contribution in [-0.2, 0) is 32.7 Å². The van der Waals surface area contributed by atoms with Gasteiger partial charge in [0.2, 0.25) is 5.91 Å². The number of unbranched alkanes of at least 4 members (excludes halogenated alkanes) is 1. The Hall–Kier alpha value is -3.47. The highest BCUT2D eigenvalue weighted by atomic mass is 32.2. The Kier molecular flexibility index (Phi) is 11.6. The van der Waals surface area contributed by atoms with Crippen LogP contribution < -0.4 is 10.0 Å². The van der Waals surface area contributed by atoms with Gasteiger partial charge in [0.1, 0.15) is 5.76 Å². The van der Waals surface area contributed by atoms with Gasteiger partial charge in [-0.3, -0.25) is 9.52 Å². The zero-order chi connectivity index (χ0) is 30.8. The number of rotatable bonds is 12. The van der Waals surface area contributed by atoms with Crippen LogP contribution in [0.1, 0.15) is 74.8 Å². The number of nitrogens with one attached hydrogen (secondary N) is 2. The molecule has 0 aliphatic carbocycles. The number of carbonyl (C=O) groups excluding carboxylic acids is 1. The zero-order valence-electron chi connectivity index (χ0n) is 25.7. The molecule has 9 nitrogen and oxygen atoms in total. The minimum Gasteiger partial charge on any atom is -0.377 e. The first-order valence-electron chi connectivity index (χ1n) is 15.2. The summed E-state index contributed by atoms with van der Waals surface area (Å²) in [5.74, 6) is 0.860. The van der Waals surface area contributed by atoms with Crippen molar-refractivity contribution >= 4 is 21.7 Å². The van der Waals surface area contributed by atoms with Crippen molar-refractivity contribution in [2.75, 3.05) is 24.4 Å². The van der Waals surface area contributed by atoms with E-state index in [4.69, 9.17) is 9.26 Å². The highest BCUT2D eigenvalue weighted by molar-refractivity contribution is 7.92. The maximum Gasteiger partial charge on any atom is 0.263 e. The first-order chi connectivity index (χ1) is 20.7. The van der Waals surface area contributed by atoms with Crippen LogP contribution in [0.5, 0.6) is 0 Å². The first kappa shape index (κ1) is 32.4. The van der Waals surface area contributed by atoms with Gasteiger partial charge >= 0.3 is 0 Å². The second-order valence-electron chi connectivity index (χ2n) is 10.9. The van der Waals surface area contributed by atoms with Crippen molar-refractivity contribution in [2.24, 2.45) is 0 Å². The second kappa shape index (κ2) is 15.3. The number of hydrogen-bond donors (Lipinski definition) is 2. The number of hydrogen-bond acceptors (Lipinski definition) is 7. The van der Waals surface area contributed by atoms with Gasteiger partial charge in [-0.25, -0.2) is 8.42 Å². The molecule has 2 aromatic carbocycles. The normalized spacial score (nSPS) is 16.1. The Morgan fingerprint density at radius 3 is 2.65 bits per heavy atom. The lowest BCUT2D eigenvalue weighted by molar-refractivity contribution is -0.130. The standard InChI is InChI=1S/C33H44N4O5S/c1-5-7-12-28-18-20-34-19-11-10-15-32(38)37(28)22-26-16-17-29(27(21-26)23-41-6-2)30-13-8-9-14-31(30)43(39,40)36-33-24(3)25(4)42-35-33/h8-9,13-14,16-18,21,34H,5-7,10-12,15,19-20,22-23H2,1-4H3,(H,35,36)/b28-18+. The number of aryl methyl sites for hydroxylation is 1. The Bertz CT molecular complexity index is 1530. The van der Waals surface area contributed by atoms with E-state index in [1.165, 1.54) is 0 Å². The molecule has 43 heavy (non-hydrogen) atoms. The maximum absolute atomic E-state index is 13.6. The molecule has 0 fully saturated rings. The second-order valence-corrected chi connectivity index (χ2v) is 12.5. The molecule has 232 valence electrons. The van der Waals surface area contributed by atoms with Gasteiger partial charge < -0.3 is 19.5 Å². The monoisotopic (exact) mass is 608 g/mol. The van der Waals surface area contributed by atoms with Gasteiger partial charge in [0.15, 0.2) is 5.82 Å². The lowest BCUT2D eigenvalue weighted by atomic mass is 9.97. The van der Waals surface area contributed by atoms with E-state index in [0.29, 0.717) is 43.1 Å². The Morgan fingerprint density at radius 1 is 1.09 bits per heavy atom. The third-order valence-electron chi connectivity index (χ3n) is 7.74. The zero-order valence-corrected chi connectivity index (χ0v) is 26.6. The molecule has 0 spiro atoms. The molecular formula is C33H44N4O5S. The summed E-state index contributed by atoms with van der Waals surface area (Å²) in [7, 11) is -3.99. The predicted molar refractivity (Wildman–Crippen MR) is 169 cm³/mol. The van der Waals surface area contributed by atoms with Crippen molar-refractivity contribution in [1.82, 2.24) is 15.4 Å². The van der Waals surface area contributed by atoms with Gasteiger partial charge in [0, 0.05) is 36.4 Å². The van der Waals surface area contributed by atoms with E-state index in [1.807, 2.05) is 36.1 Å².